The number of thioether (sulfide) groups is 1. The highest BCUT2D eigenvalue weighted by molar-refractivity contribution is 7.99. The largest absolute Gasteiger partial charge is 0.378 e. The van der Waals surface area contributed by atoms with Gasteiger partial charge in [0.05, 0.1) is 19.8 Å². The highest BCUT2D eigenvalue weighted by atomic mass is 32.2. The SMILES string of the molecule is CCCSc1nc(NCCN)c2nnn(Cc3ccc(CCC(=O)NCCOCCNC(=O)CCc4csc(-c5ccc6c7cc(CNC)ccc7n(CC)c6c5)c4)cc3)c2n1. The molecule has 0 aliphatic heterocycles. The Bertz CT molecular complexity index is 2590. The fourth-order valence-corrected chi connectivity index (χ4v) is 9.07. The van der Waals surface area contributed by atoms with Gasteiger partial charge in [-0.1, -0.05) is 66.4 Å². The molecule has 14 nitrogen and oxygen atoms in total. The Hall–Kier alpha value is -5.39. The number of benzene rings is 3. The first-order valence-corrected chi connectivity index (χ1v) is 23.4. The number of aromatic nitrogens is 6. The van der Waals surface area contributed by atoms with E-state index in [-0.39, 0.29) is 11.8 Å². The molecule has 0 fully saturated rings. The maximum absolute atomic E-state index is 12.6. The molecule has 0 radical (unpaired) electrons. The van der Waals surface area contributed by atoms with Gasteiger partial charge in [-0.25, -0.2) is 14.6 Å². The van der Waals surface area contributed by atoms with Crippen LogP contribution in [-0.2, 0) is 46.8 Å². The number of nitrogens with zero attached hydrogens (tertiary/aromatic N) is 6. The molecule has 16 heteroatoms. The van der Waals surface area contributed by atoms with E-state index in [1.165, 1.54) is 37.8 Å². The molecule has 326 valence electrons. The van der Waals surface area contributed by atoms with Crippen LogP contribution < -0.4 is 27.0 Å². The van der Waals surface area contributed by atoms with Crippen LogP contribution in [0.4, 0.5) is 5.82 Å². The van der Waals surface area contributed by atoms with Crippen molar-refractivity contribution in [1.29, 1.82) is 0 Å². The summed E-state index contributed by atoms with van der Waals surface area (Å²) in [6.07, 6.45) is 3.11. The summed E-state index contributed by atoms with van der Waals surface area (Å²) >= 11 is 3.32. The van der Waals surface area contributed by atoms with Crippen LogP contribution in [-0.4, -0.2) is 93.5 Å². The number of fused-ring (bicyclic) bond motifs is 4. The molecule has 0 bridgehead atoms. The molecule has 4 heterocycles. The standard InChI is InChI=1S/C46H57N11O3S2/c1-4-24-61-46-52-44(51-19-18-47)43-45(53-46)57(55-54-43)29-32-8-6-31(7-9-32)11-16-41(58)49-20-22-60-23-21-50-42(59)17-12-34-26-40(62-30-34)35-13-14-36-37-25-33(28-48-3)10-15-38(37)56(5-2)39(36)27-35/h6-10,13-15,25-27,30,48H,4-5,11-12,16-24,28-29,47H2,1-3H3,(H,49,58)(H,50,59)(H,51,52,53). The summed E-state index contributed by atoms with van der Waals surface area (Å²) in [5.74, 6) is 1.53. The lowest BCUT2D eigenvalue weighted by Crippen LogP contribution is -2.30. The second-order valence-corrected chi connectivity index (χ2v) is 17.1. The summed E-state index contributed by atoms with van der Waals surface area (Å²) in [6, 6.07) is 23.9. The topological polar surface area (TPSA) is 179 Å². The molecule has 0 saturated carbocycles. The molecular formula is C46H57N11O3S2. The van der Waals surface area contributed by atoms with Crippen molar-refractivity contribution in [1.82, 2.24) is 45.5 Å². The molecule has 62 heavy (non-hydrogen) atoms. The van der Waals surface area contributed by atoms with Crippen LogP contribution in [0.15, 0.2) is 77.3 Å². The van der Waals surface area contributed by atoms with Gasteiger partial charge in [-0.05, 0) is 90.7 Å². The molecular weight excluding hydrogens is 819 g/mol. The van der Waals surface area contributed by atoms with Gasteiger partial charge in [0.25, 0.3) is 0 Å². The third-order valence-electron chi connectivity index (χ3n) is 10.6. The third kappa shape index (κ3) is 11.3. The summed E-state index contributed by atoms with van der Waals surface area (Å²) in [5, 5.41) is 26.5. The first kappa shape index (κ1) is 44.7. The van der Waals surface area contributed by atoms with E-state index in [9.17, 15) is 9.59 Å². The zero-order valence-corrected chi connectivity index (χ0v) is 37.5. The van der Waals surface area contributed by atoms with Gasteiger partial charge in [0, 0.05) is 84.5 Å². The fourth-order valence-electron chi connectivity index (χ4n) is 7.43. The van der Waals surface area contributed by atoms with E-state index in [0.29, 0.717) is 93.8 Å². The molecule has 2 amide bonds. The van der Waals surface area contributed by atoms with Crippen molar-refractivity contribution < 1.29 is 14.3 Å². The average molecular weight is 876 g/mol. The molecule has 0 spiro atoms. The van der Waals surface area contributed by atoms with Crippen molar-refractivity contribution in [3.63, 3.8) is 0 Å². The maximum Gasteiger partial charge on any atom is 0.220 e. The molecule has 0 saturated heterocycles. The van der Waals surface area contributed by atoms with Gasteiger partial charge < -0.3 is 36.3 Å². The van der Waals surface area contributed by atoms with Crippen LogP contribution in [0.2, 0.25) is 0 Å². The number of ether oxygens (including phenoxy) is 1. The average Bonchev–Trinajstić information content (AvgIpc) is 4.02. The molecule has 3 aromatic carbocycles. The van der Waals surface area contributed by atoms with Crippen LogP contribution in [0.5, 0.6) is 0 Å². The number of amides is 2. The molecule has 0 aliphatic rings. The van der Waals surface area contributed by atoms with E-state index < -0.39 is 0 Å². The number of aryl methyl sites for hydroxylation is 3. The molecule has 0 atom stereocenters. The highest BCUT2D eigenvalue weighted by Crippen LogP contribution is 2.35. The Labute approximate surface area is 370 Å². The van der Waals surface area contributed by atoms with Gasteiger partial charge in [0.1, 0.15) is 0 Å². The Morgan fingerprint density at radius 3 is 2.29 bits per heavy atom. The third-order valence-corrected chi connectivity index (χ3v) is 12.6. The number of hydrogen-bond donors (Lipinski definition) is 5. The quantitative estimate of drug-likeness (QED) is 0.0253. The number of anilines is 1. The predicted octanol–water partition coefficient (Wildman–Crippen LogP) is 6.53. The van der Waals surface area contributed by atoms with E-state index in [1.807, 2.05) is 31.3 Å². The summed E-state index contributed by atoms with van der Waals surface area (Å²) in [4.78, 5) is 35.7. The van der Waals surface area contributed by atoms with Gasteiger partial charge in [0.15, 0.2) is 22.1 Å². The summed E-state index contributed by atoms with van der Waals surface area (Å²) < 4.78 is 9.84. The molecule has 4 aromatic heterocycles. The highest BCUT2D eigenvalue weighted by Gasteiger charge is 2.16. The van der Waals surface area contributed by atoms with Crippen molar-refractivity contribution in [2.75, 3.05) is 57.5 Å². The normalized spacial score (nSPS) is 11.5. The van der Waals surface area contributed by atoms with E-state index in [4.69, 9.17) is 15.5 Å². The zero-order valence-electron chi connectivity index (χ0n) is 35.8. The minimum absolute atomic E-state index is 0.00330. The number of nitrogens with one attached hydrogen (secondary N) is 4. The first-order valence-electron chi connectivity index (χ1n) is 21.5. The summed E-state index contributed by atoms with van der Waals surface area (Å²) in [6.45, 7) is 9.23. The van der Waals surface area contributed by atoms with Crippen LogP contribution >= 0.6 is 23.1 Å². The predicted molar refractivity (Wildman–Crippen MR) is 252 cm³/mol. The first-order chi connectivity index (χ1) is 30.4. The van der Waals surface area contributed by atoms with Crippen molar-refractivity contribution in [3.05, 3.63) is 94.4 Å². The lowest BCUT2D eigenvalue weighted by molar-refractivity contribution is -0.121. The minimum atomic E-state index is -0.0318. The van der Waals surface area contributed by atoms with E-state index >= 15 is 0 Å². The van der Waals surface area contributed by atoms with Crippen LogP contribution in [0, 0.1) is 0 Å². The van der Waals surface area contributed by atoms with Crippen molar-refractivity contribution in [3.8, 4) is 10.4 Å². The van der Waals surface area contributed by atoms with Gasteiger partial charge >= 0.3 is 0 Å². The second kappa shape index (κ2) is 22.1. The van der Waals surface area contributed by atoms with Crippen LogP contribution in [0.1, 0.15) is 55.4 Å². The molecule has 7 rings (SSSR count). The van der Waals surface area contributed by atoms with Crippen LogP contribution in [0.3, 0.4) is 0 Å². The van der Waals surface area contributed by atoms with Gasteiger partial charge in [-0.2, -0.15) is 0 Å². The number of rotatable bonds is 24. The van der Waals surface area contributed by atoms with Crippen molar-refractivity contribution in [2.45, 2.75) is 70.7 Å². The van der Waals surface area contributed by atoms with E-state index in [2.05, 4.69) is 103 Å². The van der Waals surface area contributed by atoms with Gasteiger partial charge in [-0.3, -0.25) is 9.59 Å². The smallest absolute Gasteiger partial charge is 0.220 e. The fraction of sp³-hybridized carbons (Fsp3) is 0.391. The lowest BCUT2D eigenvalue weighted by atomic mass is 10.1. The van der Waals surface area contributed by atoms with Crippen molar-refractivity contribution in [2.24, 2.45) is 5.73 Å². The van der Waals surface area contributed by atoms with Crippen LogP contribution in [0.25, 0.3) is 43.4 Å². The van der Waals surface area contributed by atoms with E-state index in [0.717, 1.165) is 42.0 Å². The summed E-state index contributed by atoms with van der Waals surface area (Å²) in [5.41, 5.74) is 15.3. The summed E-state index contributed by atoms with van der Waals surface area (Å²) in [7, 11) is 1.98. The minimum Gasteiger partial charge on any atom is -0.378 e. The monoisotopic (exact) mass is 875 g/mol. The Morgan fingerprint density at radius 2 is 1.56 bits per heavy atom. The van der Waals surface area contributed by atoms with E-state index in [1.54, 1.807) is 27.8 Å². The molecule has 6 N–H and O–H groups in total. The second-order valence-electron chi connectivity index (χ2n) is 15.1. The Balaban J connectivity index is 0.777. The number of nitrogens with two attached hydrogens (primary N) is 1. The number of carbonyl (C=O) groups is 2. The van der Waals surface area contributed by atoms with Gasteiger partial charge in [0.2, 0.25) is 11.8 Å². The lowest BCUT2D eigenvalue weighted by Gasteiger charge is -2.09. The molecule has 0 aliphatic carbocycles. The Morgan fingerprint density at radius 1 is 0.823 bits per heavy atom. The number of carbonyl (C=O) groups excluding carboxylic acids is 2. The Kier molecular flexibility index (Phi) is 15.9. The van der Waals surface area contributed by atoms with Gasteiger partial charge in [-0.15, -0.1) is 16.4 Å². The maximum atomic E-state index is 12.6. The zero-order chi connectivity index (χ0) is 43.3. The van der Waals surface area contributed by atoms with Crippen molar-refractivity contribution >= 4 is 73.7 Å². The molecule has 7 aromatic rings. The number of hydrogen-bond acceptors (Lipinski definition) is 12. The molecule has 0 unspecified atom stereocenters. The number of thiophene rings is 1.